The first kappa shape index (κ1) is 23.4. The van der Waals surface area contributed by atoms with Crippen molar-refractivity contribution in [3.63, 3.8) is 0 Å². The third-order valence-electron chi connectivity index (χ3n) is 6.68. The molecule has 2 aromatic heterocycles. The van der Waals surface area contributed by atoms with Crippen LogP contribution in [0.5, 0.6) is 0 Å². The van der Waals surface area contributed by atoms with Gasteiger partial charge in [-0.3, -0.25) is 9.78 Å². The normalized spacial score (nSPS) is 15.8. The summed E-state index contributed by atoms with van der Waals surface area (Å²) in [5.41, 5.74) is 2.64. The van der Waals surface area contributed by atoms with E-state index in [9.17, 15) is 4.79 Å². The molecule has 5 rings (SSSR count). The summed E-state index contributed by atoms with van der Waals surface area (Å²) in [6, 6.07) is 11.4. The molecule has 8 heteroatoms. The fourth-order valence-electron chi connectivity index (χ4n) is 4.97. The number of rotatable bonds is 4. The monoisotopic (exact) mass is 480 g/mol. The van der Waals surface area contributed by atoms with Crippen molar-refractivity contribution < 1.29 is 9.18 Å². The number of aryl methyl sites for hydroxylation is 1. The van der Waals surface area contributed by atoms with Gasteiger partial charge in [-0.25, -0.2) is 20.9 Å². The standard InChI is InChI=1S/C28H25FN6O/c1-17(2)28(36)35-12-11-34(15-20(35)13-30-4)27-22-14-31-25(24(29)26(22)32-16-33-27)21-10-6-9-19-8-5-7-18(3)23(19)21/h5-10,14,16,20H,1,11-13,15H2,2-3H3/t20-/m0/s1. The van der Waals surface area contributed by atoms with Gasteiger partial charge in [-0.15, -0.1) is 0 Å². The van der Waals surface area contributed by atoms with Gasteiger partial charge in [0.1, 0.15) is 29.4 Å². The predicted octanol–water partition coefficient (Wildman–Crippen LogP) is 4.81. The SMILES string of the molecule is [C-]#[N+]C[C@H]1CN(c2ncnc3c(F)c(-c4cccc5cccc(C)c45)ncc23)CCN1C(=O)C(=C)C. The second kappa shape index (κ2) is 9.34. The number of piperazine rings is 1. The molecule has 7 nitrogen and oxygen atoms in total. The van der Waals surface area contributed by atoms with Gasteiger partial charge in [0, 0.05) is 37.0 Å². The van der Waals surface area contributed by atoms with Gasteiger partial charge in [0.05, 0.1) is 5.39 Å². The fraction of sp³-hybridized carbons (Fsp3) is 0.250. The lowest BCUT2D eigenvalue weighted by Gasteiger charge is -2.40. The van der Waals surface area contributed by atoms with Crippen LogP contribution >= 0.6 is 0 Å². The Labute approximate surface area is 208 Å². The van der Waals surface area contributed by atoms with Crippen LogP contribution in [0.15, 0.2) is 61.1 Å². The summed E-state index contributed by atoms with van der Waals surface area (Å²) in [5.74, 6) is -0.108. The molecule has 0 aliphatic carbocycles. The zero-order valence-corrected chi connectivity index (χ0v) is 20.2. The van der Waals surface area contributed by atoms with E-state index >= 15 is 4.39 Å². The van der Waals surface area contributed by atoms with Crippen LogP contribution in [0.1, 0.15) is 12.5 Å². The number of hydrogen-bond donors (Lipinski definition) is 0. The fourth-order valence-corrected chi connectivity index (χ4v) is 4.97. The average Bonchev–Trinajstić information content (AvgIpc) is 2.88. The van der Waals surface area contributed by atoms with E-state index in [-0.39, 0.29) is 29.7 Å². The Morgan fingerprint density at radius 3 is 2.72 bits per heavy atom. The number of carbonyl (C=O) groups excluding carboxylic acids is 1. The lowest BCUT2D eigenvalue weighted by atomic mass is 9.97. The van der Waals surface area contributed by atoms with Crippen molar-refractivity contribution in [1.82, 2.24) is 19.9 Å². The van der Waals surface area contributed by atoms with Crippen LogP contribution in [0.2, 0.25) is 0 Å². The van der Waals surface area contributed by atoms with E-state index in [4.69, 9.17) is 6.57 Å². The maximum atomic E-state index is 15.9. The van der Waals surface area contributed by atoms with E-state index in [1.165, 1.54) is 6.33 Å². The summed E-state index contributed by atoms with van der Waals surface area (Å²) in [5, 5.41) is 2.47. The molecule has 1 atom stereocenters. The highest BCUT2D eigenvalue weighted by molar-refractivity contribution is 6.00. The summed E-state index contributed by atoms with van der Waals surface area (Å²) >= 11 is 0. The number of halogens is 1. The van der Waals surface area contributed by atoms with Crippen molar-refractivity contribution in [2.45, 2.75) is 19.9 Å². The molecule has 0 unspecified atom stereocenters. The number of hydrogen-bond acceptors (Lipinski definition) is 5. The Morgan fingerprint density at radius 1 is 1.19 bits per heavy atom. The van der Waals surface area contributed by atoms with E-state index in [0.29, 0.717) is 42.0 Å². The molecule has 1 fully saturated rings. The molecule has 2 aromatic carbocycles. The first-order chi connectivity index (χ1) is 17.4. The molecule has 4 aromatic rings. The van der Waals surface area contributed by atoms with Crippen molar-refractivity contribution in [3.05, 3.63) is 83.9 Å². The highest BCUT2D eigenvalue weighted by Crippen LogP contribution is 2.35. The minimum absolute atomic E-state index is 0.154. The molecular formula is C28H25FN6O. The molecule has 0 N–H and O–H groups in total. The van der Waals surface area contributed by atoms with Gasteiger partial charge in [0.2, 0.25) is 12.5 Å². The van der Waals surface area contributed by atoms with Crippen LogP contribution < -0.4 is 4.90 Å². The summed E-state index contributed by atoms with van der Waals surface area (Å²) in [7, 11) is 0. The predicted molar refractivity (Wildman–Crippen MR) is 139 cm³/mol. The van der Waals surface area contributed by atoms with Crippen molar-refractivity contribution >= 4 is 33.4 Å². The highest BCUT2D eigenvalue weighted by Gasteiger charge is 2.34. The highest BCUT2D eigenvalue weighted by atomic mass is 19.1. The number of pyridine rings is 1. The molecule has 0 radical (unpaired) electrons. The zero-order chi connectivity index (χ0) is 25.4. The molecule has 1 saturated heterocycles. The molecule has 36 heavy (non-hydrogen) atoms. The van der Waals surface area contributed by atoms with Gasteiger partial charge in [-0.1, -0.05) is 43.0 Å². The van der Waals surface area contributed by atoms with Crippen LogP contribution in [0.3, 0.4) is 0 Å². The molecule has 0 spiro atoms. The van der Waals surface area contributed by atoms with Gasteiger partial charge < -0.3 is 14.6 Å². The number of benzene rings is 2. The van der Waals surface area contributed by atoms with Gasteiger partial charge in [-0.2, -0.15) is 0 Å². The number of amides is 1. The van der Waals surface area contributed by atoms with E-state index in [2.05, 4.69) is 26.4 Å². The lowest BCUT2D eigenvalue weighted by molar-refractivity contribution is -0.129. The van der Waals surface area contributed by atoms with Crippen LogP contribution in [-0.2, 0) is 4.79 Å². The zero-order valence-electron chi connectivity index (χ0n) is 20.2. The van der Waals surface area contributed by atoms with Gasteiger partial charge in [-0.05, 0) is 30.2 Å². The molecule has 0 saturated carbocycles. The van der Waals surface area contributed by atoms with Crippen molar-refractivity contribution in [3.8, 4) is 11.3 Å². The van der Waals surface area contributed by atoms with Gasteiger partial charge >= 0.3 is 0 Å². The van der Waals surface area contributed by atoms with Crippen molar-refractivity contribution in [1.29, 1.82) is 0 Å². The maximum absolute atomic E-state index is 15.9. The van der Waals surface area contributed by atoms with Gasteiger partial charge in [0.25, 0.3) is 0 Å². The van der Waals surface area contributed by atoms with E-state index in [0.717, 1.165) is 16.3 Å². The minimum Gasteiger partial charge on any atom is -0.352 e. The smallest absolute Gasteiger partial charge is 0.249 e. The average molecular weight is 481 g/mol. The molecule has 0 bridgehead atoms. The lowest BCUT2D eigenvalue weighted by Crippen LogP contribution is -2.56. The van der Waals surface area contributed by atoms with Crippen molar-refractivity contribution in [2.24, 2.45) is 0 Å². The largest absolute Gasteiger partial charge is 0.352 e. The second-order valence-corrected chi connectivity index (χ2v) is 9.08. The summed E-state index contributed by atoms with van der Waals surface area (Å²) in [6.07, 6.45) is 2.98. The molecule has 3 heterocycles. The Morgan fingerprint density at radius 2 is 1.97 bits per heavy atom. The quantitative estimate of drug-likeness (QED) is 0.310. The minimum atomic E-state index is -0.499. The first-order valence-electron chi connectivity index (χ1n) is 11.7. The summed E-state index contributed by atoms with van der Waals surface area (Å²) in [6.45, 7) is 16.3. The Kier molecular flexibility index (Phi) is 6.06. The number of aromatic nitrogens is 3. The second-order valence-electron chi connectivity index (χ2n) is 9.08. The molecule has 180 valence electrons. The molecule has 1 amide bonds. The number of nitrogens with zero attached hydrogens (tertiary/aromatic N) is 6. The van der Waals surface area contributed by atoms with E-state index in [1.54, 1.807) is 18.0 Å². The summed E-state index contributed by atoms with van der Waals surface area (Å²) < 4.78 is 15.9. The Bertz CT molecular complexity index is 1550. The first-order valence-corrected chi connectivity index (χ1v) is 11.7. The third-order valence-corrected chi connectivity index (χ3v) is 6.68. The third kappa shape index (κ3) is 3.93. The number of fused-ring (bicyclic) bond motifs is 2. The van der Waals surface area contributed by atoms with Crippen molar-refractivity contribution in [2.75, 3.05) is 31.1 Å². The van der Waals surface area contributed by atoms with Gasteiger partial charge in [0.15, 0.2) is 5.82 Å². The Hall–Kier alpha value is -4.38. The van der Waals surface area contributed by atoms with Crippen LogP contribution in [0.4, 0.5) is 10.2 Å². The Balaban J connectivity index is 1.56. The van der Waals surface area contributed by atoms with E-state index < -0.39 is 5.82 Å². The molecule has 1 aliphatic rings. The number of carbonyl (C=O) groups is 1. The van der Waals surface area contributed by atoms with Crippen LogP contribution in [0, 0.1) is 19.3 Å². The topological polar surface area (TPSA) is 66.6 Å². The number of anilines is 1. The molecule has 1 aliphatic heterocycles. The molecular weight excluding hydrogens is 455 g/mol. The summed E-state index contributed by atoms with van der Waals surface area (Å²) in [4.78, 5) is 33.0. The maximum Gasteiger partial charge on any atom is 0.249 e. The van der Waals surface area contributed by atoms with E-state index in [1.807, 2.05) is 48.2 Å². The van der Waals surface area contributed by atoms with Crippen LogP contribution in [-0.4, -0.2) is 58.0 Å². The van der Waals surface area contributed by atoms with Crippen LogP contribution in [0.25, 0.3) is 37.8 Å².